The molecule has 0 rings (SSSR count). The van der Waals surface area contributed by atoms with E-state index in [2.05, 4.69) is 178 Å². The molecule has 0 amide bonds. The van der Waals surface area contributed by atoms with Crippen LogP contribution in [0.5, 0.6) is 0 Å². The zero-order valence-electron chi connectivity index (χ0n) is 50.9. The van der Waals surface area contributed by atoms with Crippen LogP contribution in [0.2, 0.25) is 0 Å². The maximum atomic E-state index is 12.7. The summed E-state index contributed by atoms with van der Waals surface area (Å²) in [5.41, 5.74) is 5.38. The second-order valence-electron chi connectivity index (χ2n) is 20.2. The lowest BCUT2D eigenvalue weighted by Crippen LogP contribution is -2.29. The van der Waals surface area contributed by atoms with E-state index in [0.29, 0.717) is 12.8 Å². The van der Waals surface area contributed by atoms with E-state index in [4.69, 9.17) is 24.3 Å². The van der Waals surface area contributed by atoms with Crippen molar-refractivity contribution in [2.75, 3.05) is 26.4 Å². The molecule has 0 bridgehead atoms. The Bertz CT molecular complexity index is 1930. The molecule has 0 aromatic heterocycles. The summed E-state index contributed by atoms with van der Waals surface area (Å²) in [4.78, 5) is 35.2. The van der Waals surface area contributed by atoms with Gasteiger partial charge in [0.25, 0.3) is 0 Å². The summed E-state index contributed by atoms with van der Waals surface area (Å²) in [5.74, 6) is -0.907. The summed E-state index contributed by atoms with van der Waals surface area (Å²) in [5, 5.41) is 0. The van der Waals surface area contributed by atoms with Gasteiger partial charge in [0.15, 0.2) is 6.10 Å². The first-order valence-electron chi connectivity index (χ1n) is 31.6. The van der Waals surface area contributed by atoms with Gasteiger partial charge >= 0.3 is 19.8 Å². The van der Waals surface area contributed by atoms with Gasteiger partial charge in [0.1, 0.15) is 6.61 Å². The predicted octanol–water partition coefficient (Wildman–Crippen LogP) is 20.6. The van der Waals surface area contributed by atoms with Gasteiger partial charge in [0, 0.05) is 19.4 Å². The quantitative estimate of drug-likeness (QED) is 0.0264. The van der Waals surface area contributed by atoms with Gasteiger partial charge in [-0.2, -0.15) is 0 Å². The summed E-state index contributed by atoms with van der Waals surface area (Å²) in [7, 11) is -4.41. The number of phosphoric ester groups is 1. The Kier molecular flexibility index (Phi) is 60.8. The number of hydrogen-bond acceptors (Lipinski definition) is 8. The second kappa shape index (κ2) is 64.5. The summed E-state index contributed by atoms with van der Waals surface area (Å²) in [6, 6.07) is 0. The molecule has 0 heterocycles. The van der Waals surface area contributed by atoms with Gasteiger partial charge < -0.3 is 20.1 Å². The fourth-order valence-corrected chi connectivity index (χ4v) is 8.78. The molecule has 9 nitrogen and oxygen atoms in total. The van der Waals surface area contributed by atoms with Crippen molar-refractivity contribution >= 4 is 19.8 Å². The molecule has 0 saturated heterocycles. The topological polar surface area (TPSA) is 134 Å². The van der Waals surface area contributed by atoms with E-state index in [1.54, 1.807) is 0 Å². The van der Waals surface area contributed by atoms with E-state index in [-0.39, 0.29) is 32.6 Å². The van der Waals surface area contributed by atoms with E-state index >= 15 is 0 Å². The molecule has 2 atom stereocenters. The summed E-state index contributed by atoms with van der Waals surface area (Å²) >= 11 is 0. The highest BCUT2D eigenvalue weighted by molar-refractivity contribution is 7.47. The zero-order chi connectivity index (χ0) is 58.7. The molecule has 0 aromatic rings. The maximum absolute atomic E-state index is 12.7. The molecular formula is C71H114NO8P. The molecule has 0 aliphatic heterocycles. The normalized spacial score (nSPS) is 14.2. The molecule has 0 aliphatic carbocycles. The summed E-state index contributed by atoms with van der Waals surface area (Å²) in [6.45, 7) is 3.43. The van der Waals surface area contributed by atoms with Crippen LogP contribution in [0.4, 0.5) is 0 Å². The van der Waals surface area contributed by atoms with Gasteiger partial charge in [-0.25, -0.2) is 4.57 Å². The lowest BCUT2D eigenvalue weighted by Gasteiger charge is -2.19. The fraction of sp³-hybridized carbons (Fsp3) is 0.577. The Labute approximate surface area is 495 Å². The van der Waals surface area contributed by atoms with Crippen LogP contribution in [-0.2, 0) is 32.7 Å². The molecule has 81 heavy (non-hydrogen) atoms. The van der Waals surface area contributed by atoms with Crippen LogP contribution in [0.25, 0.3) is 0 Å². The second-order valence-corrected chi connectivity index (χ2v) is 21.6. The largest absolute Gasteiger partial charge is 0.472 e. The highest BCUT2D eigenvalue weighted by atomic mass is 31.2. The average Bonchev–Trinajstić information content (AvgIpc) is 3.46. The van der Waals surface area contributed by atoms with Crippen LogP contribution in [0.15, 0.2) is 170 Å². The van der Waals surface area contributed by atoms with Crippen molar-refractivity contribution in [2.24, 2.45) is 5.73 Å². The molecule has 0 radical (unpaired) electrons. The maximum Gasteiger partial charge on any atom is 0.472 e. The molecule has 0 fully saturated rings. The molecule has 0 spiro atoms. The Balaban J connectivity index is 4.01. The molecule has 2 unspecified atom stereocenters. The van der Waals surface area contributed by atoms with Gasteiger partial charge in [0.05, 0.1) is 13.2 Å². The summed E-state index contributed by atoms with van der Waals surface area (Å²) in [6.07, 6.45) is 95.7. The van der Waals surface area contributed by atoms with Crippen molar-refractivity contribution in [3.63, 3.8) is 0 Å². The number of allylic oxidation sites excluding steroid dienone is 28. The first kappa shape index (κ1) is 76.4. The summed E-state index contributed by atoms with van der Waals surface area (Å²) < 4.78 is 33.0. The van der Waals surface area contributed by atoms with Gasteiger partial charge in [-0.3, -0.25) is 18.6 Å². The first-order chi connectivity index (χ1) is 39.8. The van der Waals surface area contributed by atoms with E-state index in [1.807, 2.05) is 6.08 Å². The standard InChI is InChI=1S/C71H114NO8P/c1-3-5-7-9-11-13-15-17-19-21-23-25-27-28-29-30-31-32-33-34-35-36-37-38-39-40-42-44-46-48-50-52-54-56-58-60-62-64-71(74)80-69(68-79-81(75,76)78-66-65-72)67-77-70(73)63-61-59-57-55-53-51-49-47-45-43-41-26-24-22-20-18-16-14-12-10-8-6-4-2/h5-8,11-14,17-20,23-26,28-29,31-32,34-35,43,45,49,51,55,57,69H,3-4,9-10,15-16,21-22,27,30,33,36-42,44,46-48,50,52-54,56,58-68,72H2,1-2H3,(H,75,76)/b7-5-,8-6-,13-11-,14-12-,19-17-,20-18-,25-23-,26-24-,29-28-,32-31-,35-34-,45-43-,51-49-,57-55-. The number of ether oxygens (including phenoxy) is 2. The number of rotatable bonds is 57. The minimum absolute atomic E-state index is 0.0373. The lowest BCUT2D eigenvalue weighted by molar-refractivity contribution is -0.161. The minimum Gasteiger partial charge on any atom is -0.462 e. The number of carbonyl (C=O) groups is 2. The van der Waals surface area contributed by atoms with Gasteiger partial charge in [-0.15, -0.1) is 0 Å². The highest BCUT2D eigenvalue weighted by Gasteiger charge is 2.26. The molecular weight excluding hydrogens is 1030 g/mol. The van der Waals surface area contributed by atoms with Gasteiger partial charge in [-0.1, -0.05) is 267 Å². The van der Waals surface area contributed by atoms with Crippen LogP contribution in [0, 0.1) is 0 Å². The smallest absolute Gasteiger partial charge is 0.462 e. The number of carbonyl (C=O) groups excluding carboxylic acids is 2. The van der Waals surface area contributed by atoms with Crippen LogP contribution < -0.4 is 5.73 Å². The number of phosphoric acid groups is 1. The Morgan fingerprint density at radius 2 is 0.654 bits per heavy atom. The number of unbranched alkanes of at least 4 members (excludes halogenated alkanes) is 16. The number of esters is 2. The zero-order valence-corrected chi connectivity index (χ0v) is 51.8. The van der Waals surface area contributed by atoms with Crippen LogP contribution in [0.1, 0.15) is 232 Å². The minimum atomic E-state index is -4.41. The lowest BCUT2D eigenvalue weighted by atomic mass is 10.0. The average molecular weight is 1140 g/mol. The highest BCUT2D eigenvalue weighted by Crippen LogP contribution is 2.43. The van der Waals surface area contributed by atoms with E-state index in [9.17, 15) is 19.0 Å². The fourth-order valence-electron chi connectivity index (χ4n) is 8.02. The van der Waals surface area contributed by atoms with Crippen molar-refractivity contribution in [3.8, 4) is 0 Å². The molecule has 456 valence electrons. The predicted molar refractivity (Wildman–Crippen MR) is 348 cm³/mol. The molecule has 0 aromatic carbocycles. The molecule has 0 aliphatic rings. The Morgan fingerprint density at radius 3 is 0.988 bits per heavy atom. The third kappa shape index (κ3) is 64.4. The van der Waals surface area contributed by atoms with Crippen molar-refractivity contribution in [1.82, 2.24) is 0 Å². The van der Waals surface area contributed by atoms with Crippen molar-refractivity contribution in [3.05, 3.63) is 170 Å². The Morgan fingerprint density at radius 1 is 0.370 bits per heavy atom. The number of hydrogen-bond donors (Lipinski definition) is 2. The van der Waals surface area contributed by atoms with E-state index in [0.717, 1.165) is 116 Å². The molecule has 3 N–H and O–H groups in total. The SMILES string of the molecule is CC/C=C\C/C=C\C/C=C\C/C=C\C/C=C\C/C=C\C/C=C\CCCCCCCCCCCCCCCCCC(=O)OC(COC(=O)CCC/C=C\C/C=C\C/C=C\C/C=C\C/C=C\C/C=C\C/C=C\CC)COP(=O)(O)OCCN. The monoisotopic (exact) mass is 1140 g/mol. The van der Waals surface area contributed by atoms with Crippen molar-refractivity contribution in [2.45, 2.75) is 238 Å². The number of nitrogens with two attached hydrogens (primary N) is 1. The van der Waals surface area contributed by atoms with Crippen molar-refractivity contribution in [1.29, 1.82) is 0 Å². The third-order valence-electron chi connectivity index (χ3n) is 12.6. The van der Waals surface area contributed by atoms with Crippen molar-refractivity contribution < 1.29 is 37.6 Å². The molecule has 10 heteroatoms. The third-order valence-corrected chi connectivity index (χ3v) is 13.6. The van der Waals surface area contributed by atoms with E-state index < -0.39 is 32.5 Å². The van der Waals surface area contributed by atoms with Gasteiger partial charge in [0.2, 0.25) is 0 Å². The first-order valence-corrected chi connectivity index (χ1v) is 33.1. The van der Waals surface area contributed by atoms with E-state index in [1.165, 1.54) is 77.0 Å². The van der Waals surface area contributed by atoms with Crippen LogP contribution in [0.3, 0.4) is 0 Å². The van der Waals surface area contributed by atoms with Crippen LogP contribution >= 0.6 is 7.82 Å². The molecule has 0 saturated carbocycles. The van der Waals surface area contributed by atoms with Crippen LogP contribution in [-0.4, -0.2) is 49.3 Å². The Hall–Kier alpha value is -4.63. The van der Waals surface area contributed by atoms with Gasteiger partial charge in [-0.05, 0) is 122 Å².